The minimum absolute atomic E-state index is 0.0502. The second-order valence-electron chi connectivity index (χ2n) is 4.48. The molecule has 6 heteroatoms. The van der Waals surface area contributed by atoms with Crippen LogP contribution in [0.4, 0.5) is 5.82 Å². The third kappa shape index (κ3) is 2.55. The van der Waals surface area contributed by atoms with Crippen LogP contribution >= 0.6 is 0 Å². The molecule has 2 aromatic heterocycles. The highest BCUT2D eigenvalue weighted by Gasteiger charge is 2.09. The lowest BCUT2D eigenvalue weighted by atomic mass is 10.1. The van der Waals surface area contributed by atoms with Crippen LogP contribution in [0, 0.1) is 11.3 Å². The van der Waals surface area contributed by atoms with Crippen LogP contribution in [-0.2, 0) is 0 Å². The van der Waals surface area contributed by atoms with E-state index < -0.39 is 0 Å². The van der Waals surface area contributed by atoms with Crippen LogP contribution in [0.2, 0.25) is 0 Å². The normalized spacial score (nSPS) is 10.5. The van der Waals surface area contributed by atoms with Gasteiger partial charge in [0.25, 0.3) is 0 Å². The molecule has 0 radical (unpaired) electrons. The Morgan fingerprint density at radius 3 is 2.76 bits per heavy atom. The third-order valence-electron chi connectivity index (χ3n) is 3.11. The highest BCUT2D eigenvalue weighted by molar-refractivity contribution is 5.77. The van der Waals surface area contributed by atoms with Crippen LogP contribution in [-0.4, -0.2) is 32.9 Å². The Bertz CT molecular complexity index is 801. The van der Waals surface area contributed by atoms with Crippen molar-refractivity contribution in [1.29, 1.82) is 5.26 Å². The molecular formula is C15H13N5O. The standard InChI is InChI=1S/C15H13N5O/c16-9-11-1-3-12(4-2-11)13-10-18-20-7-5-14(17-6-8-21)19-15(13)20/h1-5,7,10,21H,6,8H2,(H,17,19). The summed E-state index contributed by atoms with van der Waals surface area (Å²) in [5, 5.41) is 25.0. The molecule has 21 heavy (non-hydrogen) atoms. The van der Waals surface area contributed by atoms with E-state index in [1.165, 1.54) is 0 Å². The van der Waals surface area contributed by atoms with E-state index in [-0.39, 0.29) is 6.61 Å². The van der Waals surface area contributed by atoms with Crippen molar-refractivity contribution in [2.75, 3.05) is 18.5 Å². The lowest BCUT2D eigenvalue weighted by molar-refractivity contribution is 0.311. The van der Waals surface area contributed by atoms with E-state index in [9.17, 15) is 0 Å². The second-order valence-corrected chi connectivity index (χ2v) is 4.48. The quantitative estimate of drug-likeness (QED) is 0.758. The monoisotopic (exact) mass is 279 g/mol. The highest BCUT2D eigenvalue weighted by Crippen LogP contribution is 2.24. The Labute approximate surface area is 121 Å². The smallest absolute Gasteiger partial charge is 0.165 e. The molecule has 0 aliphatic heterocycles. The van der Waals surface area contributed by atoms with Crippen LogP contribution in [0.1, 0.15) is 5.56 Å². The largest absolute Gasteiger partial charge is 0.395 e. The van der Waals surface area contributed by atoms with Crippen molar-refractivity contribution in [1.82, 2.24) is 14.6 Å². The van der Waals surface area contributed by atoms with Gasteiger partial charge in [0.1, 0.15) is 5.82 Å². The zero-order valence-electron chi connectivity index (χ0n) is 11.2. The molecule has 0 aliphatic rings. The van der Waals surface area contributed by atoms with Crippen LogP contribution in [0.5, 0.6) is 0 Å². The van der Waals surface area contributed by atoms with E-state index >= 15 is 0 Å². The Morgan fingerprint density at radius 1 is 1.24 bits per heavy atom. The van der Waals surface area contributed by atoms with Crippen LogP contribution < -0.4 is 5.32 Å². The first kappa shape index (κ1) is 13.1. The van der Waals surface area contributed by atoms with Gasteiger partial charge in [0.2, 0.25) is 0 Å². The predicted molar refractivity (Wildman–Crippen MR) is 78.7 cm³/mol. The Balaban J connectivity index is 2.03. The van der Waals surface area contributed by atoms with Crippen molar-refractivity contribution < 1.29 is 5.11 Å². The molecular weight excluding hydrogens is 266 g/mol. The molecule has 1 aromatic carbocycles. The first-order chi connectivity index (χ1) is 10.3. The first-order valence-electron chi connectivity index (χ1n) is 6.51. The minimum Gasteiger partial charge on any atom is -0.395 e. The minimum atomic E-state index is 0.0502. The van der Waals surface area contributed by atoms with Crippen molar-refractivity contribution in [3.63, 3.8) is 0 Å². The van der Waals surface area contributed by atoms with Gasteiger partial charge in [-0.05, 0) is 23.8 Å². The summed E-state index contributed by atoms with van der Waals surface area (Å²) in [6, 6.07) is 11.2. The van der Waals surface area contributed by atoms with Crippen molar-refractivity contribution in [3.05, 3.63) is 48.3 Å². The number of nitrogens with zero attached hydrogens (tertiary/aromatic N) is 4. The first-order valence-corrected chi connectivity index (χ1v) is 6.51. The van der Waals surface area contributed by atoms with Gasteiger partial charge in [-0.15, -0.1) is 0 Å². The van der Waals surface area contributed by atoms with E-state index in [1.807, 2.05) is 18.3 Å². The molecule has 0 fully saturated rings. The van der Waals surface area contributed by atoms with Gasteiger partial charge in [-0.1, -0.05) is 12.1 Å². The fourth-order valence-electron chi connectivity index (χ4n) is 2.08. The molecule has 0 unspecified atom stereocenters. The number of rotatable bonds is 4. The number of hydrogen-bond donors (Lipinski definition) is 2. The summed E-state index contributed by atoms with van der Waals surface area (Å²) in [6.07, 6.45) is 3.56. The Kier molecular flexibility index (Phi) is 3.50. The molecule has 0 bridgehead atoms. The third-order valence-corrected chi connectivity index (χ3v) is 3.11. The zero-order chi connectivity index (χ0) is 14.7. The average Bonchev–Trinajstić information content (AvgIpc) is 2.96. The fourth-order valence-corrected chi connectivity index (χ4v) is 2.08. The summed E-state index contributed by atoms with van der Waals surface area (Å²) in [6.45, 7) is 0.498. The molecule has 104 valence electrons. The van der Waals surface area contributed by atoms with E-state index in [2.05, 4.69) is 21.5 Å². The molecule has 6 nitrogen and oxygen atoms in total. The number of nitriles is 1. The van der Waals surface area contributed by atoms with Gasteiger partial charge < -0.3 is 10.4 Å². The van der Waals surface area contributed by atoms with Crippen molar-refractivity contribution in [2.24, 2.45) is 0 Å². The molecule has 3 aromatic rings. The molecule has 0 saturated heterocycles. The second kappa shape index (κ2) is 5.61. The Hall–Kier alpha value is -2.91. The highest BCUT2D eigenvalue weighted by atomic mass is 16.3. The molecule has 2 heterocycles. The SMILES string of the molecule is N#Cc1ccc(-c2cnn3ccc(NCCO)nc23)cc1. The number of nitrogens with one attached hydrogen (secondary N) is 1. The Morgan fingerprint density at radius 2 is 2.05 bits per heavy atom. The lowest BCUT2D eigenvalue weighted by Crippen LogP contribution is -2.07. The topological polar surface area (TPSA) is 86.2 Å². The van der Waals surface area contributed by atoms with E-state index in [0.29, 0.717) is 17.9 Å². The van der Waals surface area contributed by atoms with Gasteiger partial charge >= 0.3 is 0 Å². The molecule has 0 atom stereocenters. The number of hydrogen-bond acceptors (Lipinski definition) is 5. The van der Waals surface area contributed by atoms with Gasteiger partial charge in [-0.2, -0.15) is 10.4 Å². The van der Waals surface area contributed by atoms with Gasteiger partial charge in [0.05, 0.1) is 24.4 Å². The van der Waals surface area contributed by atoms with Gasteiger partial charge in [-0.3, -0.25) is 0 Å². The van der Waals surface area contributed by atoms with Gasteiger partial charge in [0, 0.05) is 18.3 Å². The lowest BCUT2D eigenvalue weighted by Gasteiger charge is -2.04. The maximum atomic E-state index is 8.85. The molecule has 3 rings (SSSR count). The van der Waals surface area contributed by atoms with Gasteiger partial charge in [0.15, 0.2) is 5.65 Å². The zero-order valence-corrected chi connectivity index (χ0v) is 11.2. The molecule has 0 amide bonds. The maximum Gasteiger partial charge on any atom is 0.165 e. The van der Waals surface area contributed by atoms with E-state index in [1.54, 1.807) is 28.9 Å². The molecule has 0 spiro atoms. The predicted octanol–water partition coefficient (Wildman–Crippen LogP) is 1.67. The summed E-state index contributed by atoms with van der Waals surface area (Å²) in [5.74, 6) is 0.687. The summed E-state index contributed by atoms with van der Waals surface area (Å²) in [5.41, 5.74) is 3.19. The molecule has 0 aliphatic carbocycles. The summed E-state index contributed by atoms with van der Waals surface area (Å²) < 4.78 is 1.69. The van der Waals surface area contributed by atoms with Crippen molar-refractivity contribution >= 4 is 11.5 Å². The van der Waals surface area contributed by atoms with Crippen LogP contribution in [0.3, 0.4) is 0 Å². The number of anilines is 1. The molecule has 0 saturated carbocycles. The number of aliphatic hydroxyl groups is 1. The van der Waals surface area contributed by atoms with Crippen LogP contribution in [0.25, 0.3) is 16.8 Å². The average molecular weight is 279 g/mol. The summed E-state index contributed by atoms with van der Waals surface area (Å²) in [4.78, 5) is 4.50. The number of aromatic nitrogens is 3. The fraction of sp³-hybridized carbons (Fsp3) is 0.133. The summed E-state index contributed by atoms with van der Waals surface area (Å²) >= 11 is 0. The summed E-state index contributed by atoms with van der Waals surface area (Å²) in [7, 11) is 0. The van der Waals surface area contributed by atoms with Crippen molar-refractivity contribution in [3.8, 4) is 17.2 Å². The molecule has 2 N–H and O–H groups in total. The number of fused-ring (bicyclic) bond motifs is 1. The van der Waals surface area contributed by atoms with E-state index in [0.717, 1.165) is 16.8 Å². The van der Waals surface area contributed by atoms with Gasteiger partial charge in [-0.25, -0.2) is 9.50 Å². The van der Waals surface area contributed by atoms with Crippen molar-refractivity contribution in [2.45, 2.75) is 0 Å². The van der Waals surface area contributed by atoms with E-state index in [4.69, 9.17) is 10.4 Å². The number of benzene rings is 1. The van der Waals surface area contributed by atoms with Crippen LogP contribution in [0.15, 0.2) is 42.7 Å². The number of aliphatic hydroxyl groups excluding tert-OH is 1. The maximum absolute atomic E-state index is 8.85.